The Kier molecular flexibility index (Phi) is 8.70. The Morgan fingerprint density at radius 3 is 1.51 bits per heavy atom. The zero-order chi connectivity index (χ0) is 37.1. The zero-order valence-electron chi connectivity index (χ0n) is 31.1. The maximum atomic E-state index is 9.92. The lowest BCUT2D eigenvalue weighted by Crippen LogP contribution is -2.37. The van der Waals surface area contributed by atoms with Crippen LogP contribution in [0.4, 0.5) is 34.1 Å². The van der Waals surface area contributed by atoms with Crippen molar-refractivity contribution in [3.05, 3.63) is 151 Å². The number of anilines is 6. The summed E-state index contributed by atoms with van der Waals surface area (Å²) < 4.78 is 0. The Labute approximate surface area is 320 Å². The number of nitriles is 1. The maximum Gasteiger partial charge on any atom is 0.0992 e. The molecule has 0 aliphatic rings. The van der Waals surface area contributed by atoms with E-state index in [2.05, 4.69) is 176 Å². The Hall–Kier alpha value is -5.33. The number of hydrogen-bond acceptors (Lipinski definition) is 4. The third-order valence-electron chi connectivity index (χ3n) is 10.4. The average molecular weight is 738 g/mol. The smallest absolute Gasteiger partial charge is 0.0992 e. The van der Waals surface area contributed by atoms with Crippen LogP contribution in [0.15, 0.2) is 150 Å². The molecule has 0 atom stereocenters. The van der Waals surface area contributed by atoms with Crippen molar-refractivity contribution in [3.8, 4) is 6.07 Å². The van der Waals surface area contributed by atoms with Gasteiger partial charge in [-0.05, 0) is 94.3 Å². The van der Waals surface area contributed by atoms with Gasteiger partial charge >= 0.3 is 0 Å². The first-order valence-corrected chi connectivity index (χ1v) is 25.7. The summed E-state index contributed by atoms with van der Waals surface area (Å²) in [6, 6.07) is 55.1. The lowest BCUT2D eigenvalue weighted by atomic mass is 9.91. The van der Waals surface area contributed by atoms with Gasteiger partial charge in [-0.2, -0.15) is 5.26 Å². The van der Waals surface area contributed by atoms with Crippen molar-refractivity contribution < 1.29 is 0 Å². The minimum atomic E-state index is -1.61. The molecule has 0 aromatic heterocycles. The van der Waals surface area contributed by atoms with Crippen LogP contribution >= 0.6 is 12.6 Å². The van der Waals surface area contributed by atoms with Crippen LogP contribution in [0.3, 0.4) is 0 Å². The maximum absolute atomic E-state index is 9.92. The molecule has 0 saturated heterocycles. The van der Waals surface area contributed by atoms with Gasteiger partial charge in [-0.15, -0.1) is 12.6 Å². The van der Waals surface area contributed by atoms with Gasteiger partial charge in [0.15, 0.2) is 0 Å². The van der Waals surface area contributed by atoms with Gasteiger partial charge in [-0.1, -0.05) is 122 Å². The number of rotatable bonds is 8. The van der Waals surface area contributed by atoms with Crippen LogP contribution < -0.4 is 20.2 Å². The summed E-state index contributed by atoms with van der Waals surface area (Å²) >= 11 is 4.76. The van der Waals surface area contributed by atoms with Gasteiger partial charge in [-0.3, -0.25) is 0 Å². The van der Waals surface area contributed by atoms with Crippen LogP contribution in [0.5, 0.6) is 0 Å². The number of thiol groups is 1. The van der Waals surface area contributed by atoms with Crippen LogP contribution in [-0.2, 0) is 0 Å². The van der Waals surface area contributed by atoms with E-state index in [0.29, 0.717) is 5.56 Å². The second-order valence-corrected chi connectivity index (χ2v) is 26.7. The van der Waals surface area contributed by atoms with Gasteiger partial charge in [0.25, 0.3) is 0 Å². The highest BCUT2D eigenvalue weighted by Gasteiger charge is 2.24. The van der Waals surface area contributed by atoms with E-state index >= 15 is 0 Å². The van der Waals surface area contributed by atoms with E-state index in [-0.39, 0.29) is 0 Å². The predicted molar refractivity (Wildman–Crippen MR) is 237 cm³/mol. The fourth-order valence-electron chi connectivity index (χ4n) is 7.58. The van der Waals surface area contributed by atoms with Gasteiger partial charge in [0.2, 0.25) is 0 Å². The molecule has 8 aromatic rings. The molecule has 260 valence electrons. The van der Waals surface area contributed by atoms with Gasteiger partial charge in [0.1, 0.15) is 0 Å². The van der Waals surface area contributed by atoms with Crippen molar-refractivity contribution in [1.82, 2.24) is 0 Å². The summed E-state index contributed by atoms with van der Waals surface area (Å²) in [5.74, 6) is 0. The van der Waals surface area contributed by atoms with Crippen LogP contribution in [0.25, 0.3) is 32.3 Å². The van der Waals surface area contributed by atoms with E-state index in [9.17, 15) is 5.26 Å². The molecule has 0 saturated carbocycles. The van der Waals surface area contributed by atoms with E-state index in [0.717, 1.165) is 39.0 Å². The van der Waals surface area contributed by atoms with Crippen molar-refractivity contribution in [2.45, 2.75) is 44.2 Å². The highest BCUT2D eigenvalue weighted by Crippen LogP contribution is 2.47. The molecule has 6 heteroatoms. The Balaban J connectivity index is 1.39. The van der Waals surface area contributed by atoms with E-state index in [1.54, 1.807) is 0 Å². The van der Waals surface area contributed by atoms with Crippen LogP contribution in [0.1, 0.15) is 5.56 Å². The number of nitrogens with zero attached hydrogens (tertiary/aromatic N) is 3. The minimum absolute atomic E-state index is 0.638. The van der Waals surface area contributed by atoms with Crippen LogP contribution in [0.2, 0.25) is 39.3 Å². The number of hydrogen-bond donors (Lipinski definition) is 1. The molecule has 0 aliphatic heterocycles. The third-order valence-corrected chi connectivity index (χ3v) is 14.8. The molecule has 8 aromatic carbocycles. The van der Waals surface area contributed by atoms with E-state index in [4.69, 9.17) is 12.6 Å². The molecule has 0 unspecified atom stereocenters. The predicted octanol–water partition coefficient (Wildman–Crippen LogP) is 12.8. The lowest BCUT2D eigenvalue weighted by Gasteiger charge is -2.30. The Morgan fingerprint density at radius 2 is 0.962 bits per heavy atom. The van der Waals surface area contributed by atoms with Gasteiger partial charge in [-0.25, -0.2) is 0 Å². The molecule has 3 nitrogen and oxygen atoms in total. The molecule has 0 fully saturated rings. The lowest BCUT2D eigenvalue weighted by molar-refractivity contribution is 1.28. The molecule has 0 heterocycles. The van der Waals surface area contributed by atoms with Crippen molar-refractivity contribution in [2.75, 3.05) is 9.80 Å². The molecule has 8 rings (SSSR count). The molecule has 0 N–H and O–H groups in total. The fourth-order valence-corrected chi connectivity index (χ4v) is 10.1. The fraction of sp³-hybridized carbons (Fsp3) is 0.128. The highest BCUT2D eigenvalue weighted by molar-refractivity contribution is 7.80. The van der Waals surface area contributed by atoms with Gasteiger partial charge in [0.05, 0.1) is 39.2 Å². The summed E-state index contributed by atoms with van der Waals surface area (Å²) in [6.45, 7) is 14.3. The Morgan fingerprint density at radius 1 is 0.472 bits per heavy atom. The van der Waals surface area contributed by atoms with E-state index in [1.807, 2.05) is 24.3 Å². The van der Waals surface area contributed by atoms with Crippen LogP contribution in [-0.4, -0.2) is 16.1 Å². The van der Waals surface area contributed by atoms with Crippen molar-refractivity contribution in [2.24, 2.45) is 0 Å². The summed E-state index contributed by atoms with van der Waals surface area (Å²) in [6.07, 6.45) is 0. The van der Waals surface area contributed by atoms with Crippen LogP contribution in [0, 0.1) is 11.3 Å². The second-order valence-electron chi connectivity index (χ2n) is 16.0. The topological polar surface area (TPSA) is 30.3 Å². The molecule has 0 aliphatic carbocycles. The standard InChI is InChI=1S/C47H43N3SSi2/c1-52(2,3)40-22-20-35(21-23-40)49(37-12-8-14-39(51)29-37)44-26-18-33-17-25-43-45(27-19-34-16-24-42(44)46(33)47(34)43)50(36-11-7-10-32(28-36)31-48)38-13-9-15-41(30-38)53(4,5)6/h7-30,51H,1-6H3. The van der Waals surface area contributed by atoms with Crippen molar-refractivity contribution in [3.63, 3.8) is 0 Å². The van der Waals surface area contributed by atoms with Crippen molar-refractivity contribution >= 4 is 106 Å². The molecular formula is C47H43N3SSi2. The number of benzene rings is 8. The molecular weight excluding hydrogens is 695 g/mol. The zero-order valence-corrected chi connectivity index (χ0v) is 34.0. The summed E-state index contributed by atoms with van der Waals surface area (Å²) in [4.78, 5) is 5.64. The third kappa shape index (κ3) is 6.40. The first-order valence-electron chi connectivity index (χ1n) is 18.2. The average Bonchev–Trinajstić information content (AvgIpc) is 3.15. The summed E-state index contributed by atoms with van der Waals surface area (Å²) in [5, 5.41) is 20.0. The second kappa shape index (κ2) is 13.3. The first kappa shape index (κ1) is 34.7. The molecule has 53 heavy (non-hydrogen) atoms. The monoisotopic (exact) mass is 737 g/mol. The van der Waals surface area contributed by atoms with Gasteiger partial charge in [0, 0.05) is 38.4 Å². The molecule has 0 amide bonds. The quantitative estimate of drug-likeness (QED) is 0.0957. The highest BCUT2D eigenvalue weighted by atomic mass is 32.1. The van der Waals surface area contributed by atoms with E-state index in [1.165, 1.54) is 42.7 Å². The SMILES string of the molecule is C[Si](C)(C)c1ccc(N(c2cccc(S)c2)c2ccc3ccc4c(N(c5cccc(C#N)c5)c5cccc([Si](C)(C)C)c5)ccc5ccc2c3c54)cc1. The summed E-state index contributed by atoms with van der Waals surface area (Å²) in [5.41, 5.74) is 7.09. The molecule has 0 radical (unpaired) electrons. The Bertz CT molecular complexity index is 2680. The summed E-state index contributed by atoms with van der Waals surface area (Å²) in [7, 11) is -3.09. The first-order chi connectivity index (χ1) is 25.4. The van der Waals surface area contributed by atoms with E-state index < -0.39 is 16.1 Å². The largest absolute Gasteiger partial charge is 0.310 e. The minimum Gasteiger partial charge on any atom is -0.310 e. The normalized spacial score (nSPS) is 12.0. The molecule has 0 bridgehead atoms. The van der Waals surface area contributed by atoms with Crippen molar-refractivity contribution in [1.29, 1.82) is 5.26 Å². The van der Waals surface area contributed by atoms with Gasteiger partial charge < -0.3 is 9.80 Å². The molecule has 0 spiro atoms.